The van der Waals surface area contributed by atoms with Crippen LogP contribution in [0, 0.1) is 5.82 Å². The van der Waals surface area contributed by atoms with Crippen molar-refractivity contribution in [2.75, 3.05) is 13.1 Å². The van der Waals surface area contributed by atoms with Crippen LogP contribution in [0.5, 0.6) is 0 Å². The number of fused-ring (bicyclic) bond motifs is 1. The van der Waals surface area contributed by atoms with Crippen molar-refractivity contribution in [1.29, 1.82) is 0 Å². The van der Waals surface area contributed by atoms with Crippen molar-refractivity contribution >= 4 is 5.91 Å². The quantitative estimate of drug-likeness (QED) is 0.572. The third-order valence-corrected chi connectivity index (χ3v) is 5.13. The van der Waals surface area contributed by atoms with Gasteiger partial charge in [0.05, 0.1) is 23.6 Å². The van der Waals surface area contributed by atoms with Crippen molar-refractivity contribution < 1.29 is 14.3 Å². The first-order valence-electron chi connectivity index (χ1n) is 9.65. The molecule has 1 heterocycles. The summed E-state index contributed by atoms with van der Waals surface area (Å²) in [5, 5.41) is 20.4. The van der Waals surface area contributed by atoms with Gasteiger partial charge in [0, 0.05) is 25.3 Å². The summed E-state index contributed by atoms with van der Waals surface area (Å²) in [5.74, 6) is -0.645. The number of nitrogens with zero attached hydrogens (tertiary/aromatic N) is 2. The molecule has 1 unspecified atom stereocenters. The van der Waals surface area contributed by atoms with E-state index in [9.17, 15) is 14.3 Å². The summed E-state index contributed by atoms with van der Waals surface area (Å²) in [5.41, 5.74) is 3.74. The second-order valence-corrected chi connectivity index (χ2v) is 7.30. The summed E-state index contributed by atoms with van der Waals surface area (Å²) in [6.07, 6.45) is 4.24. The van der Waals surface area contributed by atoms with Crippen LogP contribution in [0.15, 0.2) is 60.9 Å². The van der Waals surface area contributed by atoms with E-state index in [1.807, 2.05) is 12.1 Å². The minimum absolute atomic E-state index is 0.146. The molecule has 0 bridgehead atoms. The Morgan fingerprint density at radius 2 is 1.83 bits per heavy atom. The van der Waals surface area contributed by atoms with Gasteiger partial charge in [0.15, 0.2) is 0 Å². The Kier molecular flexibility index (Phi) is 5.69. The first kappa shape index (κ1) is 19.3. The zero-order chi connectivity index (χ0) is 20.2. The molecule has 2 aromatic carbocycles. The number of rotatable bonds is 7. The lowest BCUT2D eigenvalue weighted by atomic mass is 10.1. The predicted molar refractivity (Wildman–Crippen MR) is 108 cm³/mol. The van der Waals surface area contributed by atoms with Crippen LogP contribution in [0.2, 0.25) is 0 Å². The van der Waals surface area contributed by atoms with Crippen LogP contribution in [-0.2, 0) is 12.8 Å². The van der Waals surface area contributed by atoms with Crippen molar-refractivity contribution in [2.24, 2.45) is 0 Å². The number of hydrogen-bond acceptors (Lipinski definition) is 4. The first-order valence-corrected chi connectivity index (χ1v) is 9.65. The van der Waals surface area contributed by atoms with E-state index in [1.165, 1.54) is 34.1 Å². The predicted octanol–water partition coefficient (Wildman–Crippen LogP) is 1.86. The molecule has 6 nitrogen and oxygen atoms in total. The largest absolute Gasteiger partial charge is 0.390 e. The molecule has 0 fully saturated rings. The molecule has 0 saturated carbocycles. The van der Waals surface area contributed by atoms with Gasteiger partial charge in [-0.05, 0) is 48.2 Å². The minimum atomic E-state index is -0.685. The summed E-state index contributed by atoms with van der Waals surface area (Å²) in [7, 11) is 0. The number of aromatic nitrogens is 2. The maximum atomic E-state index is 13.0. The molecule has 150 valence electrons. The van der Waals surface area contributed by atoms with E-state index < -0.39 is 6.10 Å². The Morgan fingerprint density at radius 1 is 1.14 bits per heavy atom. The zero-order valence-electron chi connectivity index (χ0n) is 15.9. The molecule has 7 heteroatoms. The Bertz CT molecular complexity index is 961. The summed E-state index contributed by atoms with van der Waals surface area (Å²) in [6, 6.07) is 14.5. The first-order chi connectivity index (χ1) is 14.1. The van der Waals surface area contributed by atoms with E-state index >= 15 is 0 Å². The number of benzene rings is 2. The van der Waals surface area contributed by atoms with Gasteiger partial charge in [-0.2, -0.15) is 5.10 Å². The zero-order valence-corrected chi connectivity index (χ0v) is 15.9. The van der Waals surface area contributed by atoms with Crippen molar-refractivity contribution in [2.45, 2.75) is 25.0 Å². The van der Waals surface area contributed by atoms with Gasteiger partial charge < -0.3 is 15.7 Å². The van der Waals surface area contributed by atoms with Crippen molar-refractivity contribution in [1.82, 2.24) is 20.4 Å². The summed E-state index contributed by atoms with van der Waals surface area (Å²) in [4.78, 5) is 12.3. The Balaban J connectivity index is 1.23. The average Bonchev–Trinajstić information content (AvgIpc) is 3.38. The third kappa shape index (κ3) is 4.70. The maximum Gasteiger partial charge on any atom is 0.254 e. The van der Waals surface area contributed by atoms with Gasteiger partial charge >= 0.3 is 0 Å². The Hall–Kier alpha value is -3.03. The van der Waals surface area contributed by atoms with Gasteiger partial charge in [-0.25, -0.2) is 9.07 Å². The highest BCUT2D eigenvalue weighted by Crippen LogP contribution is 2.21. The molecular weight excluding hydrogens is 371 g/mol. The average molecular weight is 394 g/mol. The molecule has 1 amide bonds. The Morgan fingerprint density at radius 3 is 2.52 bits per heavy atom. The highest BCUT2D eigenvalue weighted by Gasteiger charge is 2.21. The lowest BCUT2D eigenvalue weighted by molar-refractivity contribution is 0.0914. The molecule has 1 atom stereocenters. The van der Waals surface area contributed by atoms with Crippen LogP contribution in [0.4, 0.5) is 4.39 Å². The normalized spacial score (nSPS) is 14.6. The van der Waals surface area contributed by atoms with Gasteiger partial charge in [0.2, 0.25) is 0 Å². The minimum Gasteiger partial charge on any atom is -0.390 e. The van der Waals surface area contributed by atoms with Gasteiger partial charge in [0.25, 0.3) is 5.91 Å². The Labute approximate surface area is 168 Å². The number of halogens is 1. The SMILES string of the molecule is O=C(NCC(O)CNC1Cc2ccccc2C1)c1cnn(-c2ccc(F)cc2)c1. The van der Waals surface area contributed by atoms with Gasteiger partial charge in [-0.3, -0.25) is 4.79 Å². The van der Waals surface area contributed by atoms with Gasteiger partial charge in [-0.15, -0.1) is 0 Å². The van der Waals surface area contributed by atoms with E-state index in [4.69, 9.17) is 0 Å². The van der Waals surface area contributed by atoms with Crippen LogP contribution < -0.4 is 10.6 Å². The molecule has 0 saturated heterocycles. The van der Waals surface area contributed by atoms with E-state index in [1.54, 1.807) is 18.3 Å². The number of hydrogen-bond donors (Lipinski definition) is 3. The lowest BCUT2D eigenvalue weighted by Crippen LogP contribution is -2.41. The molecule has 0 spiro atoms. The number of aliphatic hydroxyl groups is 1. The van der Waals surface area contributed by atoms with Crippen LogP contribution in [0.1, 0.15) is 21.5 Å². The molecular formula is C22H23FN4O2. The molecule has 3 aromatic rings. The van der Waals surface area contributed by atoms with E-state index in [-0.39, 0.29) is 18.3 Å². The van der Waals surface area contributed by atoms with Crippen molar-refractivity contribution in [3.8, 4) is 5.69 Å². The van der Waals surface area contributed by atoms with E-state index in [0.29, 0.717) is 23.8 Å². The molecule has 29 heavy (non-hydrogen) atoms. The summed E-state index contributed by atoms with van der Waals surface area (Å²) < 4.78 is 14.5. The van der Waals surface area contributed by atoms with Crippen molar-refractivity contribution in [3.05, 3.63) is 83.4 Å². The van der Waals surface area contributed by atoms with Crippen molar-refractivity contribution in [3.63, 3.8) is 0 Å². The molecule has 1 aromatic heterocycles. The van der Waals surface area contributed by atoms with Crippen LogP contribution in [0.25, 0.3) is 5.69 Å². The molecule has 1 aliphatic rings. The fourth-order valence-electron chi connectivity index (χ4n) is 3.57. The lowest BCUT2D eigenvalue weighted by Gasteiger charge is -2.16. The molecule has 4 rings (SSSR count). The molecule has 0 radical (unpaired) electrons. The second-order valence-electron chi connectivity index (χ2n) is 7.30. The fraction of sp³-hybridized carbons (Fsp3) is 0.273. The van der Waals surface area contributed by atoms with Crippen LogP contribution in [0.3, 0.4) is 0 Å². The fourth-order valence-corrected chi connectivity index (χ4v) is 3.57. The van der Waals surface area contributed by atoms with E-state index in [2.05, 4.69) is 27.9 Å². The molecule has 1 aliphatic carbocycles. The molecule has 3 N–H and O–H groups in total. The number of carbonyl (C=O) groups is 1. The monoisotopic (exact) mass is 394 g/mol. The standard InChI is InChI=1S/C22H23FN4O2/c23-18-5-7-20(8-6-18)27-14-17(11-26-27)22(29)25-13-21(28)12-24-19-9-15-3-1-2-4-16(15)10-19/h1-8,11,14,19,21,24,28H,9-10,12-13H2,(H,25,29). The topological polar surface area (TPSA) is 79.2 Å². The highest BCUT2D eigenvalue weighted by molar-refractivity contribution is 5.93. The molecule has 0 aliphatic heterocycles. The smallest absolute Gasteiger partial charge is 0.254 e. The number of aliphatic hydroxyl groups excluding tert-OH is 1. The second kappa shape index (κ2) is 8.55. The number of carbonyl (C=O) groups excluding carboxylic acids is 1. The summed E-state index contributed by atoms with van der Waals surface area (Å²) in [6.45, 7) is 0.557. The number of nitrogens with one attached hydrogen (secondary N) is 2. The van der Waals surface area contributed by atoms with E-state index in [0.717, 1.165) is 12.8 Å². The van der Waals surface area contributed by atoms with Crippen LogP contribution in [-0.4, -0.2) is 46.0 Å². The summed E-state index contributed by atoms with van der Waals surface area (Å²) >= 11 is 0. The number of amides is 1. The maximum absolute atomic E-state index is 13.0. The third-order valence-electron chi connectivity index (χ3n) is 5.13. The van der Waals surface area contributed by atoms with Crippen LogP contribution >= 0.6 is 0 Å². The van der Waals surface area contributed by atoms with Gasteiger partial charge in [-0.1, -0.05) is 24.3 Å². The highest BCUT2D eigenvalue weighted by atomic mass is 19.1. The van der Waals surface area contributed by atoms with Gasteiger partial charge in [0.1, 0.15) is 5.82 Å².